The van der Waals surface area contributed by atoms with Crippen molar-refractivity contribution in [3.05, 3.63) is 81.8 Å². The normalized spacial score (nSPS) is 14.3. The summed E-state index contributed by atoms with van der Waals surface area (Å²) in [6.07, 6.45) is 1.35. The molecule has 3 N–H and O–H groups in total. The van der Waals surface area contributed by atoms with Gasteiger partial charge in [0.1, 0.15) is 17.1 Å². The van der Waals surface area contributed by atoms with Crippen molar-refractivity contribution in [2.24, 2.45) is 0 Å². The molecule has 2 aromatic carbocycles. The number of benzene rings is 2. The van der Waals surface area contributed by atoms with E-state index in [4.69, 9.17) is 16.3 Å². The van der Waals surface area contributed by atoms with Crippen molar-refractivity contribution in [2.75, 3.05) is 23.8 Å². The Bertz CT molecular complexity index is 1780. The Hall–Kier alpha value is -4.76. The van der Waals surface area contributed by atoms with E-state index in [2.05, 4.69) is 37.9 Å². The lowest BCUT2D eigenvalue weighted by Crippen LogP contribution is -2.26. The van der Waals surface area contributed by atoms with Gasteiger partial charge in [0.15, 0.2) is 5.65 Å². The molecule has 5 rings (SSSR count). The van der Waals surface area contributed by atoms with E-state index >= 15 is 0 Å². The number of amides is 3. The fourth-order valence-corrected chi connectivity index (χ4v) is 4.81. The maximum absolute atomic E-state index is 13.3. The van der Waals surface area contributed by atoms with Crippen molar-refractivity contribution < 1.29 is 27.5 Å². The highest BCUT2D eigenvalue weighted by Crippen LogP contribution is 2.36. The number of anilines is 2. The molecule has 0 radical (unpaired) electrons. The van der Waals surface area contributed by atoms with Gasteiger partial charge in [0.05, 0.1) is 29.1 Å². The summed E-state index contributed by atoms with van der Waals surface area (Å²) in [6, 6.07) is 9.05. The molecular formula is C31H28ClF3N6O3. The molecule has 0 aliphatic carbocycles. The second-order valence-electron chi connectivity index (χ2n) is 10.2. The van der Waals surface area contributed by atoms with Crippen LogP contribution in [0.25, 0.3) is 5.65 Å². The Balaban J connectivity index is 1.46. The fourth-order valence-electron chi connectivity index (χ4n) is 4.59. The average molecular weight is 625 g/mol. The van der Waals surface area contributed by atoms with Gasteiger partial charge in [-0.05, 0) is 67.6 Å². The third-order valence-corrected chi connectivity index (χ3v) is 7.28. The molecule has 1 aliphatic rings. The highest BCUT2D eigenvalue weighted by atomic mass is 35.5. The Kier molecular flexibility index (Phi) is 9.25. The molecule has 9 nitrogen and oxygen atoms in total. The van der Waals surface area contributed by atoms with Crippen LogP contribution in [0.3, 0.4) is 0 Å². The number of nitrogens with zero attached hydrogens (tertiary/aromatic N) is 3. The van der Waals surface area contributed by atoms with Crippen LogP contribution in [0.5, 0.6) is 5.75 Å². The van der Waals surface area contributed by atoms with Crippen LogP contribution in [0.1, 0.15) is 65.0 Å². The van der Waals surface area contributed by atoms with E-state index in [0.29, 0.717) is 47.1 Å². The zero-order valence-corrected chi connectivity index (χ0v) is 24.4. The quantitative estimate of drug-likeness (QED) is 0.212. The summed E-state index contributed by atoms with van der Waals surface area (Å²) in [5.74, 6) is 6.31. The number of rotatable bonds is 2. The van der Waals surface area contributed by atoms with Crippen LogP contribution in [0.4, 0.5) is 29.3 Å². The molecule has 0 fully saturated rings. The van der Waals surface area contributed by atoms with Gasteiger partial charge in [0, 0.05) is 23.9 Å². The minimum Gasteiger partial charge on any atom is -0.493 e. The number of ether oxygens (including phenoxy) is 1. The minimum absolute atomic E-state index is 0.0820. The van der Waals surface area contributed by atoms with Crippen LogP contribution in [-0.4, -0.2) is 39.7 Å². The lowest BCUT2D eigenvalue weighted by Gasteiger charge is -2.15. The van der Waals surface area contributed by atoms with Crippen molar-refractivity contribution in [3.8, 4) is 17.6 Å². The molecule has 228 valence electrons. The van der Waals surface area contributed by atoms with E-state index in [0.717, 1.165) is 44.2 Å². The number of carbonyl (C=O) groups is 2. The minimum atomic E-state index is -4.68. The Morgan fingerprint density at radius 1 is 1.05 bits per heavy atom. The maximum Gasteiger partial charge on any atom is 0.417 e. The third kappa shape index (κ3) is 7.41. The zero-order valence-electron chi connectivity index (χ0n) is 23.6. The van der Waals surface area contributed by atoms with Gasteiger partial charge in [0.2, 0.25) is 0 Å². The number of carbonyl (C=O) groups excluding carboxylic acids is 2. The molecular weight excluding hydrogens is 597 g/mol. The fraction of sp³-hybridized carbons (Fsp3) is 0.290. The number of nitrogens with one attached hydrogen (secondary N) is 3. The van der Waals surface area contributed by atoms with E-state index in [1.165, 1.54) is 10.6 Å². The second kappa shape index (κ2) is 13.3. The molecule has 4 aromatic rings. The Morgan fingerprint density at radius 3 is 2.66 bits per heavy atom. The molecule has 3 heterocycles. The lowest BCUT2D eigenvalue weighted by molar-refractivity contribution is -0.137. The van der Waals surface area contributed by atoms with Gasteiger partial charge in [-0.3, -0.25) is 4.79 Å². The van der Waals surface area contributed by atoms with Gasteiger partial charge in [0.25, 0.3) is 5.91 Å². The molecule has 2 aromatic heterocycles. The highest BCUT2D eigenvalue weighted by molar-refractivity contribution is 6.31. The van der Waals surface area contributed by atoms with Crippen LogP contribution in [0.15, 0.2) is 48.7 Å². The summed E-state index contributed by atoms with van der Waals surface area (Å²) in [5.41, 5.74) is 1.54. The standard InChI is InChI=1S/C31H28ClF3N6O3/c1-19-20-7-9-22-18-37-28-12-11-26(40-41(22)28)29(42)36-13-5-3-2-4-6-14-44-23(15-20)17-27(19)39-30(43)38-21-8-10-25(32)24(16-21)31(33,34)35/h8,10-12,15-18H,2-6,13-14H2,1H3,(H,36,42)(H2,38,39,43). The van der Waals surface area contributed by atoms with Gasteiger partial charge in [-0.25, -0.2) is 14.3 Å². The number of alkyl halides is 3. The predicted octanol–water partition coefficient (Wildman–Crippen LogP) is 6.83. The number of halogens is 4. The number of urea groups is 1. The summed E-state index contributed by atoms with van der Waals surface area (Å²) in [4.78, 5) is 29.8. The van der Waals surface area contributed by atoms with E-state index in [9.17, 15) is 22.8 Å². The van der Waals surface area contributed by atoms with Crippen LogP contribution >= 0.6 is 11.6 Å². The van der Waals surface area contributed by atoms with Crippen molar-refractivity contribution in [1.82, 2.24) is 19.9 Å². The molecule has 4 bridgehead atoms. The topological polar surface area (TPSA) is 110 Å². The summed E-state index contributed by atoms with van der Waals surface area (Å²) < 4.78 is 47.4. The summed E-state index contributed by atoms with van der Waals surface area (Å²) in [7, 11) is 0. The largest absolute Gasteiger partial charge is 0.493 e. The smallest absolute Gasteiger partial charge is 0.417 e. The first-order valence-corrected chi connectivity index (χ1v) is 14.3. The van der Waals surface area contributed by atoms with Gasteiger partial charge in [-0.15, -0.1) is 0 Å². The molecule has 0 saturated carbocycles. The number of aromatic nitrogens is 3. The summed E-state index contributed by atoms with van der Waals surface area (Å²) in [5, 5.41) is 12.0. The second-order valence-corrected chi connectivity index (χ2v) is 10.6. The average Bonchev–Trinajstić information content (AvgIpc) is 3.39. The first-order chi connectivity index (χ1) is 21.1. The van der Waals surface area contributed by atoms with Gasteiger partial charge < -0.3 is 20.7 Å². The monoisotopic (exact) mass is 624 g/mol. The van der Waals surface area contributed by atoms with E-state index in [1.807, 2.05) is 0 Å². The molecule has 0 unspecified atom stereocenters. The molecule has 0 atom stereocenters. The maximum atomic E-state index is 13.3. The Labute approximate surface area is 256 Å². The van der Waals surface area contributed by atoms with Crippen molar-refractivity contribution in [2.45, 2.75) is 45.2 Å². The summed E-state index contributed by atoms with van der Waals surface area (Å²) >= 11 is 5.70. The first kappa shape index (κ1) is 30.7. The number of hydrogen-bond acceptors (Lipinski definition) is 5. The summed E-state index contributed by atoms with van der Waals surface area (Å²) in [6.45, 7) is 2.72. The Morgan fingerprint density at radius 2 is 1.84 bits per heavy atom. The van der Waals surface area contributed by atoms with Gasteiger partial charge >= 0.3 is 12.2 Å². The van der Waals surface area contributed by atoms with Gasteiger partial charge in [-0.1, -0.05) is 36.8 Å². The molecule has 3 amide bonds. The number of hydrogen-bond donors (Lipinski definition) is 3. The molecule has 0 saturated heterocycles. The van der Waals surface area contributed by atoms with Crippen molar-refractivity contribution in [1.29, 1.82) is 0 Å². The van der Waals surface area contributed by atoms with Crippen LogP contribution in [-0.2, 0) is 6.18 Å². The molecule has 13 heteroatoms. The SMILES string of the molecule is Cc1c2cc(cc1NC(=O)Nc1ccc(Cl)c(C(F)(F)F)c1)OCCCCCCCNC(=O)c1ccc3ncc(n3n1)C#C2. The van der Waals surface area contributed by atoms with Gasteiger partial charge in [-0.2, -0.15) is 18.3 Å². The molecule has 1 aliphatic heterocycles. The predicted molar refractivity (Wildman–Crippen MR) is 160 cm³/mol. The molecule has 44 heavy (non-hydrogen) atoms. The van der Waals surface area contributed by atoms with E-state index in [-0.39, 0.29) is 17.3 Å². The van der Waals surface area contributed by atoms with E-state index in [1.54, 1.807) is 37.4 Å². The van der Waals surface area contributed by atoms with E-state index < -0.39 is 22.8 Å². The van der Waals surface area contributed by atoms with Crippen LogP contribution in [0.2, 0.25) is 5.02 Å². The number of imidazole rings is 1. The van der Waals surface area contributed by atoms with Crippen molar-refractivity contribution >= 4 is 40.6 Å². The third-order valence-electron chi connectivity index (χ3n) is 6.95. The number of fused-ring (bicyclic) bond motifs is 3. The zero-order chi connectivity index (χ0) is 31.3. The van der Waals surface area contributed by atoms with Crippen LogP contribution in [0, 0.1) is 18.8 Å². The highest BCUT2D eigenvalue weighted by Gasteiger charge is 2.33. The first-order valence-electron chi connectivity index (χ1n) is 14.0. The van der Waals surface area contributed by atoms with Crippen LogP contribution < -0.4 is 20.7 Å². The van der Waals surface area contributed by atoms with Crippen molar-refractivity contribution in [3.63, 3.8) is 0 Å². The molecule has 0 spiro atoms. The lowest BCUT2D eigenvalue weighted by atomic mass is 10.1.